The first-order chi connectivity index (χ1) is 8.74. The van der Waals surface area contributed by atoms with E-state index < -0.39 is 0 Å². The lowest BCUT2D eigenvalue weighted by molar-refractivity contribution is 0.296. The highest BCUT2D eigenvalue weighted by Gasteiger charge is 2.11. The molecule has 1 aromatic carbocycles. The highest BCUT2D eigenvalue weighted by atomic mass is 32.2. The fourth-order valence-corrected chi connectivity index (χ4v) is 2.42. The van der Waals surface area contributed by atoms with Gasteiger partial charge in [-0.25, -0.2) is 0 Å². The lowest BCUT2D eigenvalue weighted by Crippen LogP contribution is -2.03. The molecule has 2 aromatic rings. The number of aromatic nitrogens is 4. The van der Waals surface area contributed by atoms with Crippen molar-refractivity contribution in [1.82, 2.24) is 20.2 Å². The standard InChI is InChI=1S/C12H16N4OS/c1-9-5-3-6-11(10(9)2)16-12(13-14-15-16)18-8-4-7-17/h3,5-6,17H,4,7-8H2,1-2H3. The van der Waals surface area contributed by atoms with Gasteiger partial charge in [0, 0.05) is 12.4 Å². The molecule has 0 aliphatic carbocycles. The molecule has 0 spiro atoms. The van der Waals surface area contributed by atoms with Gasteiger partial charge in [0.05, 0.1) is 5.69 Å². The van der Waals surface area contributed by atoms with Crippen molar-refractivity contribution in [3.63, 3.8) is 0 Å². The molecule has 0 aliphatic heterocycles. The monoisotopic (exact) mass is 264 g/mol. The van der Waals surface area contributed by atoms with Crippen LogP contribution in [0.25, 0.3) is 5.69 Å². The first-order valence-electron chi connectivity index (χ1n) is 5.82. The van der Waals surface area contributed by atoms with Crippen molar-refractivity contribution < 1.29 is 5.11 Å². The number of nitrogens with zero attached hydrogens (tertiary/aromatic N) is 4. The minimum atomic E-state index is 0.192. The van der Waals surface area contributed by atoms with Crippen LogP contribution in [0, 0.1) is 13.8 Å². The maximum atomic E-state index is 8.79. The van der Waals surface area contributed by atoms with Gasteiger partial charge in [-0.15, -0.1) is 5.10 Å². The van der Waals surface area contributed by atoms with E-state index in [4.69, 9.17) is 5.11 Å². The highest BCUT2D eigenvalue weighted by Crippen LogP contribution is 2.22. The number of aryl methyl sites for hydroxylation is 1. The Hall–Kier alpha value is -1.40. The van der Waals surface area contributed by atoms with E-state index in [-0.39, 0.29) is 6.61 Å². The van der Waals surface area contributed by atoms with E-state index >= 15 is 0 Å². The Morgan fingerprint density at radius 3 is 2.94 bits per heavy atom. The number of hydrogen-bond acceptors (Lipinski definition) is 5. The Labute approximate surface area is 110 Å². The molecule has 0 fully saturated rings. The quantitative estimate of drug-likeness (QED) is 0.658. The van der Waals surface area contributed by atoms with E-state index in [9.17, 15) is 0 Å². The summed E-state index contributed by atoms with van der Waals surface area (Å²) in [5, 5.41) is 21.3. The van der Waals surface area contributed by atoms with Gasteiger partial charge in [-0.1, -0.05) is 23.9 Å². The Kier molecular flexibility index (Phi) is 4.33. The molecule has 0 radical (unpaired) electrons. The summed E-state index contributed by atoms with van der Waals surface area (Å²) in [4.78, 5) is 0. The lowest BCUT2D eigenvalue weighted by atomic mass is 10.1. The van der Waals surface area contributed by atoms with Crippen LogP contribution in [0.3, 0.4) is 0 Å². The van der Waals surface area contributed by atoms with Gasteiger partial charge in [0.1, 0.15) is 0 Å². The third kappa shape index (κ3) is 2.70. The molecule has 0 bridgehead atoms. The summed E-state index contributed by atoms with van der Waals surface area (Å²) in [7, 11) is 0. The Morgan fingerprint density at radius 1 is 1.33 bits per heavy atom. The van der Waals surface area contributed by atoms with Crippen LogP contribution in [0.2, 0.25) is 0 Å². The molecule has 0 aliphatic rings. The van der Waals surface area contributed by atoms with E-state index in [0.29, 0.717) is 0 Å². The molecular weight excluding hydrogens is 248 g/mol. The summed E-state index contributed by atoms with van der Waals surface area (Å²) in [6.45, 7) is 4.33. The molecule has 0 saturated carbocycles. The van der Waals surface area contributed by atoms with Gasteiger partial charge in [0.2, 0.25) is 5.16 Å². The molecule has 1 N–H and O–H groups in total. The smallest absolute Gasteiger partial charge is 0.214 e. The van der Waals surface area contributed by atoms with Gasteiger partial charge in [-0.3, -0.25) is 0 Å². The molecule has 1 aromatic heterocycles. The number of aliphatic hydroxyl groups excluding tert-OH is 1. The Morgan fingerprint density at radius 2 is 2.17 bits per heavy atom. The predicted octanol–water partition coefficient (Wildman–Crippen LogP) is 1.75. The lowest BCUT2D eigenvalue weighted by Gasteiger charge is -2.09. The van der Waals surface area contributed by atoms with Crippen molar-refractivity contribution in [2.45, 2.75) is 25.4 Å². The van der Waals surface area contributed by atoms with Crippen molar-refractivity contribution >= 4 is 11.8 Å². The van der Waals surface area contributed by atoms with Crippen molar-refractivity contribution in [3.8, 4) is 5.69 Å². The van der Waals surface area contributed by atoms with Crippen molar-refractivity contribution in [3.05, 3.63) is 29.3 Å². The van der Waals surface area contributed by atoms with Crippen LogP contribution in [0.4, 0.5) is 0 Å². The zero-order valence-corrected chi connectivity index (χ0v) is 11.3. The van der Waals surface area contributed by atoms with Crippen LogP contribution >= 0.6 is 11.8 Å². The third-order valence-electron chi connectivity index (χ3n) is 2.78. The largest absolute Gasteiger partial charge is 0.396 e. The Bertz CT molecular complexity index is 527. The van der Waals surface area contributed by atoms with Crippen LogP contribution in [0.1, 0.15) is 17.5 Å². The average Bonchev–Trinajstić information content (AvgIpc) is 2.81. The summed E-state index contributed by atoms with van der Waals surface area (Å²) in [6.07, 6.45) is 0.740. The third-order valence-corrected chi connectivity index (χ3v) is 3.78. The molecule has 0 amide bonds. The molecule has 1 heterocycles. The van der Waals surface area contributed by atoms with Gasteiger partial charge in [0.15, 0.2) is 0 Å². The molecule has 2 rings (SSSR count). The topological polar surface area (TPSA) is 63.8 Å². The first-order valence-corrected chi connectivity index (χ1v) is 6.81. The van der Waals surface area contributed by atoms with Crippen molar-refractivity contribution in [2.75, 3.05) is 12.4 Å². The normalized spacial score (nSPS) is 10.8. The second-order valence-electron chi connectivity index (χ2n) is 4.02. The van der Waals surface area contributed by atoms with Crippen LogP contribution in [0.15, 0.2) is 23.4 Å². The maximum Gasteiger partial charge on any atom is 0.214 e. The minimum Gasteiger partial charge on any atom is -0.396 e. The van der Waals surface area contributed by atoms with Crippen LogP contribution in [0.5, 0.6) is 0 Å². The van der Waals surface area contributed by atoms with Crippen LogP contribution in [-0.4, -0.2) is 37.7 Å². The zero-order valence-electron chi connectivity index (χ0n) is 10.5. The van der Waals surface area contributed by atoms with Crippen molar-refractivity contribution in [1.29, 1.82) is 0 Å². The number of hydrogen-bond donors (Lipinski definition) is 1. The summed E-state index contributed by atoms with van der Waals surface area (Å²) in [5.41, 5.74) is 3.40. The highest BCUT2D eigenvalue weighted by molar-refractivity contribution is 7.99. The fourth-order valence-electron chi connectivity index (χ4n) is 1.61. The second-order valence-corrected chi connectivity index (χ2v) is 5.08. The maximum absolute atomic E-state index is 8.79. The van der Waals surface area contributed by atoms with Crippen LogP contribution in [-0.2, 0) is 0 Å². The summed E-state index contributed by atoms with van der Waals surface area (Å²) < 4.78 is 1.75. The van der Waals surface area contributed by atoms with Gasteiger partial charge in [-0.05, 0) is 47.9 Å². The molecule has 5 nitrogen and oxygen atoms in total. The van der Waals surface area contributed by atoms with Gasteiger partial charge in [-0.2, -0.15) is 4.68 Å². The van der Waals surface area contributed by atoms with E-state index in [1.54, 1.807) is 16.4 Å². The molecule has 96 valence electrons. The summed E-state index contributed by atoms with van der Waals surface area (Å²) in [6, 6.07) is 6.08. The van der Waals surface area contributed by atoms with E-state index in [1.807, 2.05) is 12.1 Å². The number of aliphatic hydroxyl groups is 1. The molecule has 18 heavy (non-hydrogen) atoms. The zero-order chi connectivity index (χ0) is 13.0. The fraction of sp³-hybridized carbons (Fsp3) is 0.417. The SMILES string of the molecule is Cc1cccc(-n2nnnc2SCCCO)c1C. The number of tetrazole rings is 1. The van der Waals surface area contributed by atoms with Crippen molar-refractivity contribution in [2.24, 2.45) is 0 Å². The molecule has 0 unspecified atom stereocenters. The summed E-state index contributed by atoms with van der Waals surface area (Å²) >= 11 is 1.55. The number of benzene rings is 1. The van der Waals surface area contributed by atoms with Gasteiger partial charge >= 0.3 is 0 Å². The van der Waals surface area contributed by atoms with E-state index in [0.717, 1.165) is 23.0 Å². The summed E-state index contributed by atoms with van der Waals surface area (Å²) in [5.74, 6) is 0.807. The van der Waals surface area contributed by atoms with E-state index in [1.165, 1.54) is 11.1 Å². The number of rotatable bonds is 5. The molecule has 0 saturated heterocycles. The molecule has 0 atom stereocenters. The second kappa shape index (κ2) is 5.97. The van der Waals surface area contributed by atoms with Gasteiger partial charge in [0.25, 0.3) is 0 Å². The van der Waals surface area contributed by atoms with Gasteiger partial charge < -0.3 is 5.11 Å². The van der Waals surface area contributed by atoms with Crippen LogP contribution < -0.4 is 0 Å². The Balaban J connectivity index is 2.28. The average molecular weight is 264 g/mol. The number of thioether (sulfide) groups is 1. The predicted molar refractivity (Wildman–Crippen MR) is 71.1 cm³/mol. The minimum absolute atomic E-state index is 0.192. The molecule has 6 heteroatoms. The van der Waals surface area contributed by atoms with E-state index in [2.05, 4.69) is 35.4 Å². The molecular formula is C12H16N4OS. The first kappa shape index (κ1) is 13.0.